The Kier molecular flexibility index (Phi) is 6.93. The molecule has 2 heteroatoms. The summed E-state index contributed by atoms with van der Waals surface area (Å²) in [5.41, 5.74) is 9.69. The fraction of sp³-hybridized carbons (Fsp3) is 0.0698. The molecule has 1 aliphatic rings. The van der Waals surface area contributed by atoms with E-state index in [-0.39, 0.29) is 5.41 Å². The highest BCUT2D eigenvalue weighted by atomic mass is 32.1. The highest BCUT2D eigenvalue weighted by molar-refractivity contribution is 7.25. The van der Waals surface area contributed by atoms with E-state index in [1.165, 1.54) is 53.7 Å². The van der Waals surface area contributed by atoms with Crippen LogP contribution in [0.15, 0.2) is 176 Å². The van der Waals surface area contributed by atoms with Crippen molar-refractivity contribution < 1.29 is 0 Å². The smallest absolute Gasteiger partial charge is 0.0461 e. The Hall–Kier alpha value is -5.18. The number of hydrogen-bond donors (Lipinski definition) is 0. The molecular formula is C43H33NS. The van der Waals surface area contributed by atoms with Gasteiger partial charge in [0.05, 0.1) is 0 Å². The summed E-state index contributed by atoms with van der Waals surface area (Å²) in [4.78, 5) is 2.37. The van der Waals surface area contributed by atoms with Crippen LogP contribution in [-0.2, 0) is 5.41 Å². The zero-order valence-electron chi connectivity index (χ0n) is 25.2. The minimum atomic E-state index is -0.0706. The first-order valence-corrected chi connectivity index (χ1v) is 16.4. The largest absolute Gasteiger partial charge is 0.311 e. The van der Waals surface area contributed by atoms with E-state index < -0.39 is 0 Å². The first-order chi connectivity index (χ1) is 22.1. The molecule has 0 N–H and O–H groups in total. The first kappa shape index (κ1) is 27.4. The van der Waals surface area contributed by atoms with Crippen molar-refractivity contribution in [1.29, 1.82) is 0 Å². The Balaban J connectivity index is 1.09. The first-order valence-electron chi connectivity index (χ1n) is 15.6. The third-order valence-corrected chi connectivity index (χ3v) is 10.3. The highest BCUT2D eigenvalue weighted by Crippen LogP contribution is 2.41. The Morgan fingerprint density at radius 2 is 1.09 bits per heavy atom. The van der Waals surface area contributed by atoms with Crippen LogP contribution in [0.25, 0.3) is 42.4 Å². The molecule has 45 heavy (non-hydrogen) atoms. The predicted molar refractivity (Wildman–Crippen MR) is 194 cm³/mol. The molecular weight excluding hydrogens is 563 g/mol. The molecule has 1 aliphatic carbocycles. The molecule has 0 aliphatic heterocycles. The van der Waals surface area contributed by atoms with Gasteiger partial charge >= 0.3 is 0 Å². The van der Waals surface area contributed by atoms with Crippen molar-refractivity contribution in [2.75, 3.05) is 4.90 Å². The number of thiophene rings is 1. The summed E-state index contributed by atoms with van der Waals surface area (Å²) >= 11 is 1.88. The topological polar surface area (TPSA) is 3.24 Å². The Morgan fingerprint density at radius 1 is 0.533 bits per heavy atom. The lowest BCUT2D eigenvalue weighted by Gasteiger charge is -2.33. The fourth-order valence-electron chi connectivity index (χ4n) is 6.50. The van der Waals surface area contributed by atoms with Gasteiger partial charge in [-0.3, -0.25) is 0 Å². The van der Waals surface area contributed by atoms with Crippen LogP contribution in [0.2, 0.25) is 0 Å². The third-order valence-electron chi connectivity index (χ3n) is 9.12. The summed E-state index contributed by atoms with van der Waals surface area (Å²) in [6.45, 7) is 2.36. The van der Waals surface area contributed by atoms with E-state index in [0.717, 1.165) is 17.8 Å². The molecule has 7 aromatic rings. The minimum Gasteiger partial charge on any atom is -0.311 e. The van der Waals surface area contributed by atoms with Gasteiger partial charge in [0.25, 0.3) is 0 Å². The van der Waals surface area contributed by atoms with Gasteiger partial charge in [0.15, 0.2) is 0 Å². The lowest BCUT2D eigenvalue weighted by atomic mass is 9.76. The number of allylic oxidation sites excluding steroid dienone is 3. The van der Waals surface area contributed by atoms with E-state index in [2.05, 4.69) is 182 Å². The quantitative estimate of drug-likeness (QED) is 0.185. The van der Waals surface area contributed by atoms with Crippen LogP contribution in [0, 0.1) is 0 Å². The molecule has 216 valence electrons. The highest BCUT2D eigenvalue weighted by Gasteiger charge is 2.27. The van der Waals surface area contributed by atoms with Gasteiger partial charge in [0.1, 0.15) is 0 Å². The Morgan fingerprint density at radius 3 is 1.76 bits per heavy atom. The average Bonchev–Trinajstić information content (AvgIpc) is 3.49. The number of nitrogens with zero attached hydrogens (tertiary/aromatic N) is 1. The molecule has 0 saturated carbocycles. The van der Waals surface area contributed by atoms with Gasteiger partial charge in [-0.1, -0.05) is 128 Å². The van der Waals surface area contributed by atoms with Gasteiger partial charge in [-0.15, -0.1) is 11.3 Å². The van der Waals surface area contributed by atoms with Gasteiger partial charge in [-0.2, -0.15) is 0 Å². The molecule has 0 amide bonds. The molecule has 8 rings (SSSR count). The molecule has 1 aromatic heterocycles. The normalized spacial score (nSPS) is 16.2. The number of hydrogen-bond acceptors (Lipinski definition) is 2. The van der Waals surface area contributed by atoms with Crippen LogP contribution in [-0.4, -0.2) is 0 Å². The predicted octanol–water partition coefficient (Wildman–Crippen LogP) is 12.3. The molecule has 1 atom stereocenters. The van der Waals surface area contributed by atoms with Crippen molar-refractivity contribution in [2.24, 2.45) is 0 Å². The van der Waals surface area contributed by atoms with E-state index in [1.807, 2.05) is 11.3 Å². The van der Waals surface area contributed by atoms with Crippen LogP contribution in [0.3, 0.4) is 0 Å². The molecule has 0 fully saturated rings. The molecule has 0 saturated heterocycles. The lowest BCUT2D eigenvalue weighted by molar-refractivity contribution is 0.596. The van der Waals surface area contributed by atoms with E-state index in [1.54, 1.807) is 0 Å². The van der Waals surface area contributed by atoms with Gasteiger partial charge in [0, 0.05) is 42.7 Å². The summed E-state index contributed by atoms with van der Waals surface area (Å²) in [5.74, 6) is 0. The van der Waals surface area contributed by atoms with E-state index in [9.17, 15) is 0 Å². The Labute approximate surface area is 269 Å². The van der Waals surface area contributed by atoms with Crippen molar-refractivity contribution in [3.8, 4) is 22.3 Å². The number of rotatable bonds is 6. The Bertz CT molecular complexity index is 2170. The zero-order valence-corrected chi connectivity index (χ0v) is 26.0. The number of para-hydroxylation sites is 1. The summed E-state index contributed by atoms with van der Waals surface area (Å²) in [6.07, 6.45) is 8.04. The van der Waals surface area contributed by atoms with Crippen molar-refractivity contribution in [2.45, 2.75) is 18.8 Å². The number of anilines is 2. The number of fused-ring (bicyclic) bond motifs is 3. The van der Waals surface area contributed by atoms with Crippen LogP contribution < -0.4 is 4.90 Å². The van der Waals surface area contributed by atoms with Crippen molar-refractivity contribution in [1.82, 2.24) is 0 Å². The van der Waals surface area contributed by atoms with Gasteiger partial charge in [-0.05, 0) is 82.8 Å². The zero-order chi connectivity index (χ0) is 30.2. The standard InChI is InChI=1S/C43H33NS/c1-43(35-22-25-42-40(30-35)39-14-8-9-15-41(39)45-42)28-26-38(27-29-43)44(36-12-6-3-7-13-36)37-23-20-34(21-24-37)33-18-16-32(17-19-33)31-10-4-2-5-11-31/h2-28,30H,29H2,1H3. The van der Waals surface area contributed by atoms with Gasteiger partial charge < -0.3 is 4.90 Å². The molecule has 6 aromatic carbocycles. The molecule has 0 spiro atoms. The lowest BCUT2D eigenvalue weighted by Crippen LogP contribution is -2.24. The van der Waals surface area contributed by atoms with Crippen LogP contribution in [0.5, 0.6) is 0 Å². The van der Waals surface area contributed by atoms with Crippen molar-refractivity contribution in [3.63, 3.8) is 0 Å². The summed E-state index contributed by atoms with van der Waals surface area (Å²) in [6, 6.07) is 54.8. The molecule has 0 bridgehead atoms. The average molecular weight is 596 g/mol. The van der Waals surface area contributed by atoms with E-state index in [4.69, 9.17) is 0 Å². The maximum atomic E-state index is 2.41. The molecule has 1 nitrogen and oxygen atoms in total. The van der Waals surface area contributed by atoms with Gasteiger partial charge in [0.2, 0.25) is 0 Å². The van der Waals surface area contributed by atoms with Crippen LogP contribution >= 0.6 is 11.3 Å². The van der Waals surface area contributed by atoms with Gasteiger partial charge in [-0.25, -0.2) is 0 Å². The molecule has 1 heterocycles. The fourth-order valence-corrected chi connectivity index (χ4v) is 7.58. The number of benzene rings is 6. The van der Waals surface area contributed by atoms with E-state index >= 15 is 0 Å². The van der Waals surface area contributed by atoms with Crippen LogP contribution in [0.1, 0.15) is 18.9 Å². The second-order valence-electron chi connectivity index (χ2n) is 12.1. The van der Waals surface area contributed by atoms with Crippen LogP contribution in [0.4, 0.5) is 11.4 Å². The second-order valence-corrected chi connectivity index (χ2v) is 13.1. The molecule has 0 radical (unpaired) electrons. The monoisotopic (exact) mass is 595 g/mol. The molecule has 1 unspecified atom stereocenters. The van der Waals surface area contributed by atoms with Crippen molar-refractivity contribution >= 4 is 42.9 Å². The van der Waals surface area contributed by atoms with Crippen molar-refractivity contribution in [3.05, 3.63) is 181 Å². The second kappa shape index (κ2) is 11.4. The maximum absolute atomic E-state index is 2.41. The summed E-state index contributed by atoms with van der Waals surface area (Å²) in [7, 11) is 0. The maximum Gasteiger partial charge on any atom is 0.0461 e. The summed E-state index contributed by atoms with van der Waals surface area (Å²) < 4.78 is 2.70. The SMILES string of the molecule is CC1(c2ccc3sc4ccccc4c3c2)C=CC(N(c2ccccc2)c2ccc(-c3ccc(-c4ccccc4)cc3)cc2)=CC1. The minimum absolute atomic E-state index is 0.0706. The summed E-state index contributed by atoms with van der Waals surface area (Å²) in [5, 5.41) is 2.71. The third kappa shape index (κ3) is 5.18. The van der Waals surface area contributed by atoms with E-state index in [0.29, 0.717) is 0 Å².